The van der Waals surface area contributed by atoms with Gasteiger partial charge in [0.05, 0.1) is 12.5 Å². The van der Waals surface area contributed by atoms with E-state index in [9.17, 15) is 22.8 Å². The number of nitrogens with two attached hydrogens (primary N) is 1. The molecule has 4 nitrogen and oxygen atoms in total. The minimum Gasteiger partial charge on any atom is -0.370 e. The number of primary amides is 1. The van der Waals surface area contributed by atoms with E-state index in [1.165, 1.54) is 6.07 Å². The number of carbonyl (C=O) groups excluding carboxylic acids is 2. The number of hydrogen-bond donors (Lipinski definition) is 2. The van der Waals surface area contributed by atoms with Crippen LogP contribution in [0.4, 0.5) is 13.2 Å². The van der Waals surface area contributed by atoms with E-state index in [1.54, 1.807) is 16.8 Å². The van der Waals surface area contributed by atoms with Crippen LogP contribution in [-0.2, 0) is 9.59 Å². The Morgan fingerprint density at radius 3 is 2.53 bits per heavy atom. The van der Waals surface area contributed by atoms with Crippen LogP contribution in [0.3, 0.4) is 0 Å². The Kier molecular flexibility index (Phi) is 4.11. The summed E-state index contributed by atoms with van der Waals surface area (Å²) < 4.78 is 36.2. The molecule has 1 rings (SSSR count). The van der Waals surface area contributed by atoms with Crippen molar-refractivity contribution in [1.29, 1.82) is 0 Å². The van der Waals surface area contributed by atoms with Gasteiger partial charge in [0.2, 0.25) is 5.91 Å². The van der Waals surface area contributed by atoms with Gasteiger partial charge in [-0.1, -0.05) is 6.07 Å². The van der Waals surface area contributed by atoms with Crippen LogP contribution in [0.15, 0.2) is 17.5 Å². The molecule has 0 aliphatic heterocycles. The zero-order chi connectivity index (χ0) is 13.1. The number of nitrogens with one attached hydrogen (secondary N) is 1. The van der Waals surface area contributed by atoms with Gasteiger partial charge in [-0.3, -0.25) is 9.59 Å². The second kappa shape index (κ2) is 5.17. The molecule has 0 saturated carbocycles. The Balaban J connectivity index is 2.79. The molecule has 3 N–H and O–H groups in total. The molecule has 0 bridgehead atoms. The molecule has 1 aromatic rings. The van der Waals surface area contributed by atoms with Gasteiger partial charge in [0.15, 0.2) is 0 Å². The predicted octanol–water partition coefficient (Wildman–Crippen LogP) is 1.34. The average Bonchev–Trinajstić information content (AvgIpc) is 2.66. The Morgan fingerprint density at radius 1 is 1.47 bits per heavy atom. The van der Waals surface area contributed by atoms with Crippen LogP contribution >= 0.6 is 11.3 Å². The summed E-state index contributed by atoms with van der Waals surface area (Å²) in [4.78, 5) is 21.9. The topological polar surface area (TPSA) is 72.2 Å². The van der Waals surface area contributed by atoms with Crippen molar-refractivity contribution in [2.45, 2.75) is 18.6 Å². The van der Waals surface area contributed by atoms with E-state index in [0.717, 1.165) is 11.3 Å². The summed E-state index contributed by atoms with van der Waals surface area (Å²) in [7, 11) is 0. The molecule has 8 heteroatoms. The molecular weight excluding hydrogens is 257 g/mol. The van der Waals surface area contributed by atoms with Crippen molar-refractivity contribution in [2.24, 2.45) is 5.73 Å². The summed E-state index contributed by atoms with van der Waals surface area (Å²) in [5, 5.41) is 3.36. The van der Waals surface area contributed by atoms with E-state index >= 15 is 0 Å². The highest BCUT2D eigenvalue weighted by Crippen LogP contribution is 2.24. The largest absolute Gasteiger partial charge is 0.471 e. The van der Waals surface area contributed by atoms with Crippen molar-refractivity contribution in [2.75, 3.05) is 0 Å². The Hall–Kier alpha value is -1.57. The predicted molar refractivity (Wildman–Crippen MR) is 55.1 cm³/mol. The normalized spacial score (nSPS) is 13.1. The highest BCUT2D eigenvalue weighted by Gasteiger charge is 2.40. The number of amides is 2. The first-order valence-corrected chi connectivity index (χ1v) is 5.38. The molecule has 1 unspecified atom stereocenters. The molecule has 0 spiro atoms. The fourth-order valence-corrected chi connectivity index (χ4v) is 1.93. The third kappa shape index (κ3) is 4.06. The fourth-order valence-electron chi connectivity index (χ4n) is 1.15. The minimum absolute atomic E-state index is 0.373. The molecule has 0 fully saturated rings. The zero-order valence-corrected chi connectivity index (χ0v) is 9.27. The molecule has 1 atom stereocenters. The third-order valence-electron chi connectivity index (χ3n) is 1.85. The second-order valence-corrected chi connectivity index (χ2v) is 4.19. The van der Waals surface area contributed by atoms with E-state index in [4.69, 9.17) is 5.73 Å². The first-order valence-electron chi connectivity index (χ1n) is 4.50. The van der Waals surface area contributed by atoms with Crippen molar-refractivity contribution < 1.29 is 22.8 Å². The molecule has 0 radical (unpaired) electrons. The first kappa shape index (κ1) is 13.5. The minimum atomic E-state index is -4.98. The number of rotatable bonds is 4. The molecule has 2 amide bonds. The third-order valence-corrected chi connectivity index (χ3v) is 2.84. The van der Waals surface area contributed by atoms with Gasteiger partial charge in [0, 0.05) is 4.88 Å². The van der Waals surface area contributed by atoms with Gasteiger partial charge in [0.1, 0.15) is 0 Å². The lowest BCUT2D eigenvalue weighted by Crippen LogP contribution is -2.40. The summed E-state index contributed by atoms with van der Waals surface area (Å²) >= 11 is 1.14. The van der Waals surface area contributed by atoms with Crippen molar-refractivity contribution in [3.63, 3.8) is 0 Å². The Labute approximate surface area is 98.6 Å². The summed E-state index contributed by atoms with van der Waals surface area (Å²) in [6.45, 7) is 0. The van der Waals surface area contributed by atoms with Crippen LogP contribution in [-0.4, -0.2) is 18.0 Å². The van der Waals surface area contributed by atoms with Crippen LogP contribution in [0.1, 0.15) is 17.3 Å². The quantitative estimate of drug-likeness (QED) is 0.863. The molecule has 0 aromatic carbocycles. The van der Waals surface area contributed by atoms with Gasteiger partial charge in [-0.2, -0.15) is 13.2 Å². The van der Waals surface area contributed by atoms with Crippen LogP contribution in [0, 0.1) is 0 Å². The maximum absolute atomic E-state index is 12.1. The van der Waals surface area contributed by atoms with E-state index in [0.29, 0.717) is 4.88 Å². The monoisotopic (exact) mass is 266 g/mol. The van der Waals surface area contributed by atoms with Crippen molar-refractivity contribution in [3.05, 3.63) is 22.4 Å². The van der Waals surface area contributed by atoms with Gasteiger partial charge in [0.25, 0.3) is 0 Å². The second-order valence-electron chi connectivity index (χ2n) is 3.21. The maximum atomic E-state index is 12.1. The van der Waals surface area contributed by atoms with E-state index in [2.05, 4.69) is 0 Å². The lowest BCUT2D eigenvalue weighted by atomic mass is 10.1. The number of halogens is 3. The highest BCUT2D eigenvalue weighted by molar-refractivity contribution is 7.10. The van der Waals surface area contributed by atoms with Gasteiger partial charge in [-0.25, -0.2) is 0 Å². The number of hydrogen-bond acceptors (Lipinski definition) is 3. The van der Waals surface area contributed by atoms with Gasteiger partial charge in [-0.05, 0) is 11.4 Å². The fraction of sp³-hybridized carbons (Fsp3) is 0.333. The molecule has 1 aromatic heterocycles. The van der Waals surface area contributed by atoms with Crippen molar-refractivity contribution in [1.82, 2.24) is 5.32 Å². The standard InChI is InChI=1S/C9H9F3N2O2S/c10-9(11,12)8(16)14-5(4-7(13)15)6-2-1-3-17-6/h1-3,5H,4H2,(H2,13,15)(H,14,16). The summed E-state index contributed by atoms with van der Waals surface area (Å²) in [6.07, 6.45) is -5.35. The van der Waals surface area contributed by atoms with Crippen molar-refractivity contribution in [3.8, 4) is 0 Å². The van der Waals surface area contributed by atoms with Gasteiger partial charge in [-0.15, -0.1) is 11.3 Å². The maximum Gasteiger partial charge on any atom is 0.471 e. The molecule has 0 saturated heterocycles. The molecule has 0 aliphatic carbocycles. The smallest absolute Gasteiger partial charge is 0.370 e. The molecule has 94 valence electrons. The van der Waals surface area contributed by atoms with Gasteiger partial charge >= 0.3 is 12.1 Å². The van der Waals surface area contributed by atoms with E-state index in [1.807, 2.05) is 0 Å². The molecule has 1 heterocycles. The number of alkyl halides is 3. The van der Waals surface area contributed by atoms with E-state index in [-0.39, 0.29) is 6.42 Å². The van der Waals surface area contributed by atoms with Crippen LogP contribution in [0.25, 0.3) is 0 Å². The average molecular weight is 266 g/mol. The van der Waals surface area contributed by atoms with Crippen LogP contribution in [0.2, 0.25) is 0 Å². The SMILES string of the molecule is NC(=O)CC(NC(=O)C(F)(F)F)c1cccs1. The summed E-state index contributed by atoms with van der Waals surface area (Å²) in [5.41, 5.74) is 4.92. The molecule has 17 heavy (non-hydrogen) atoms. The van der Waals surface area contributed by atoms with Gasteiger partial charge < -0.3 is 11.1 Å². The lowest BCUT2D eigenvalue weighted by Gasteiger charge is -2.16. The number of thiophene rings is 1. The summed E-state index contributed by atoms with van der Waals surface area (Å²) in [6, 6.07) is 2.09. The zero-order valence-electron chi connectivity index (χ0n) is 8.45. The lowest BCUT2D eigenvalue weighted by molar-refractivity contribution is -0.174. The highest BCUT2D eigenvalue weighted by atomic mass is 32.1. The number of carbonyl (C=O) groups is 2. The Morgan fingerprint density at radius 2 is 2.12 bits per heavy atom. The van der Waals surface area contributed by atoms with Crippen LogP contribution < -0.4 is 11.1 Å². The first-order chi connectivity index (χ1) is 7.80. The molecular formula is C9H9F3N2O2S. The van der Waals surface area contributed by atoms with Crippen molar-refractivity contribution >= 4 is 23.2 Å². The summed E-state index contributed by atoms with van der Waals surface area (Å²) in [5.74, 6) is -2.87. The molecule has 0 aliphatic rings. The Bertz CT molecular complexity index is 403. The van der Waals surface area contributed by atoms with E-state index < -0.39 is 24.0 Å². The van der Waals surface area contributed by atoms with Crippen LogP contribution in [0.5, 0.6) is 0 Å².